The molecule has 1 aliphatic rings. The Kier molecular flexibility index (Phi) is 4.71. The first-order valence-electron chi connectivity index (χ1n) is 9.53. The van der Waals surface area contributed by atoms with Gasteiger partial charge in [0, 0.05) is 25.3 Å². The number of H-pyrrole nitrogens is 1. The number of ether oxygens (including phenoxy) is 1. The van der Waals surface area contributed by atoms with Gasteiger partial charge in [-0.15, -0.1) is 0 Å². The van der Waals surface area contributed by atoms with Crippen LogP contribution in [0.1, 0.15) is 44.2 Å². The van der Waals surface area contributed by atoms with Gasteiger partial charge < -0.3 is 9.53 Å². The van der Waals surface area contributed by atoms with E-state index in [0.717, 1.165) is 22.2 Å². The highest BCUT2D eigenvalue weighted by molar-refractivity contribution is 5.90. The predicted molar refractivity (Wildman–Crippen MR) is 105 cm³/mol. The van der Waals surface area contributed by atoms with Crippen molar-refractivity contribution in [3.8, 4) is 5.88 Å². The van der Waals surface area contributed by atoms with Gasteiger partial charge in [-0.3, -0.25) is 9.89 Å². The maximum Gasteiger partial charge on any atom is 0.214 e. The van der Waals surface area contributed by atoms with E-state index >= 15 is 0 Å². The molecule has 0 radical (unpaired) electrons. The molecule has 4 rings (SSSR count). The van der Waals surface area contributed by atoms with E-state index < -0.39 is 5.41 Å². The fourth-order valence-corrected chi connectivity index (χ4v) is 4.06. The van der Waals surface area contributed by atoms with Gasteiger partial charge in [-0.25, -0.2) is 4.98 Å². The second kappa shape index (κ2) is 7.19. The average molecular weight is 377 g/mol. The minimum atomic E-state index is -0.544. The molecule has 0 bridgehead atoms. The van der Waals surface area contributed by atoms with Crippen molar-refractivity contribution in [2.75, 3.05) is 0 Å². The number of nitrogens with zero attached hydrogens (tertiary/aromatic N) is 2. The lowest BCUT2D eigenvalue weighted by atomic mass is 9.59. The fraction of sp³-hybridized carbons (Fsp3) is 0.364. The first-order valence-corrected chi connectivity index (χ1v) is 9.53. The monoisotopic (exact) mass is 377 g/mol. The van der Waals surface area contributed by atoms with Crippen LogP contribution >= 0.6 is 0 Å². The third-order valence-electron chi connectivity index (χ3n) is 5.66. The molecule has 28 heavy (non-hydrogen) atoms. The van der Waals surface area contributed by atoms with Crippen molar-refractivity contribution in [1.82, 2.24) is 15.2 Å². The molecule has 0 saturated heterocycles. The Hall–Kier alpha value is -3.02. The van der Waals surface area contributed by atoms with Crippen molar-refractivity contribution in [1.29, 1.82) is 0 Å². The van der Waals surface area contributed by atoms with E-state index in [1.807, 2.05) is 36.4 Å². The second-order valence-electron chi connectivity index (χ2n) is 7.60. The van der Waals surface area contributed by atoms with E-state index in [4.69, 9.17) is 4.74 Å². The van der Waals surface area contributed by atoms with Crippen LogP contribution in [-0.2, 0) is 21.4 Å². The summed E-state index contributed by atoms with van der Waals surface area (Å²) >= 11 is 0. The largest absolute Gasteiger partial charge is 0.474 e. The molecule has 1 aliphatic carbocycles. The van der Waals surface area contributed by atoms with E-state index in [-0.39, 0.29) is 17.7 Å². The maximum atomic E-state index is 12.6. The molecule has 2 heterocycles. The highest BCUT2D eigenvalue weighted by Gasteiger charge is 2.51. The summed E-state index contributed by atoms with van der Waals surface area (Å²) in [6, 6.07) is 11.7. The molecule has 1 aromatic carbocycles. The Bertz CT molecular complexity index is 1030. The summed E-state index contributed by atoms with van der Waals surface area (Å²) in [4.78, 5) is 28.5. The number of aromatic amines is 1. The number of benzene rings is 1. The van der Waals surface area contributed by atoms with Gasteiger partial charge in [0.2, 0.25) is 5.88 Å². The second-order valence-corrected chi connectivity index (χ2v) is 7.60. The summed E-state index contributed by atoms with van der Waals surface area (Å²) < 4.78 is 6.03. The zero-order chi connectivity index (χ0) is 19.7. The third kappa shape index (κ3) is 3.30. The Morgan fingerprint density at radius 2 is 1.96 bits per heavy atom. The van der Waals surface area contributed by atoms with Crippen LogP contribution in [0.2, 0.25) is 0 Å². The van der Waals surface area contributed by atoms with Crippen molar-refractivity contribution < 1.29 is 14.3 Å². The summed E-state index contributed by atoms with van der Waals surface area (Å²) in [6.07, 6.45) is 3.97. The quantitative estimate of drug-likeness (QED) is 0.681. The van der Waals surface area contributed by atoms with Gasteiger partial charge in [-0.2, -0.15) is 5.10 Å². The Morgan fingerprint density at radius 1 is 1.18 bits per heavy atom. The van der Waals surface area contributed by atoms with Gasteiger partial charge in [0.05, 0.1) is 17.1 Å². The Morgan fingerprint density at radius 3 is 2.71 bits per heavy atom. The lowest BCUT2D eigenvalue weighted by Gasteiger charge is -2.46. The number of hydrogen-bond donors (Lipinski definition) is 1. The average Bonchev–Trinajstić information content (AvgIpc) is 3.10. The van der Waals surface area contributed by atoms with Crippen molar-refractivity contribution in [2.45, 2.75) is 51.0 Å². The third-order valence-corrected chi connectivity index (χ3v) is 5.66. The molecule has 1 N–H and O–H groups in total. The van der Waals surface area contributed by atoms with Crippen LogP contribution in [0.25, 0.3) is 11.0 Å². The predicted octanol–water partition coefficient (Wildman–Crippen LogP) is 3.55. The number of fused-ring (bicyclic) bond motifs is 1. The van der Waals surface area contributed by atoms with Crippen LogP contribution < -0.4 is 4.74 Å². The normalized spacial score (nSPS) is 21.3. The first-order chi connectivity index (χ1) is 13.5. The number of carbonyl (C=O) groups is 2. The number of hydrogen-bond acceptors (Lipinski definition) is 5. The molecule has 3 aromatic rings. The first kappa shape index (κ1) is 18.3. The van der Waals surface area contributed by atoms with Crippen LogP contribution in [0.5, 0.6) is 5.88 Å². The molecule has 1 saturated carbocycles. The van der Waals surface area contributed by atoms with Crippen molar-refractivity contribution in [3.05, 3.63) is 53.7 Å². The summed E-state index contributed by atoms with van der Waals surface area (Å²) in [6.45, 7) is 3.24. The van der Waals surface area contributed by atoms with E-state index in [1.165, 1.54) is 0 Å². The molecular formula is C22H23N3O3. The number of rotatable bonds is 7. The molecule has 0 amide bonds. The van der Waals surface area contributed by atoms with E-state index in [9.17, 15) is 9.59 Å². The molecule has 144 valence electrons. The smallest absolute Gasteiger partial charge is 0.214 e. The summed E-state index contributed by atoms with van der Waals surface area (Å²) in [5.41, 5.74) is 3.17. The summed E-state index contributed by atoms with van der Waals surface area (Å²) in [5, 5.41) is 6.84. The van der Waals surface area contributed by atoms with Gasteiger partial charge in [-0.05, 0) is 37.5 Å². The van der Waals surface area contributed by atoms with Crippen LogP contribution in [-0.4, -0.2) is 32.9 Å². The number of Topliss-reactive ketones (excluding diaryl/α,β-unsaturated/α-hetero) is 2. The van der Waals surface area contributed by atoms with Crippen LogP contribution in [0, 0.1) is 0 Å². The molecule has 2 aromatic heterocycles. The number of ketones is 2. The van der Waals surface area contributed by atoms with Crippen molar-refractivity contribution >= 4 is 22.6 Å². The minimum absolute atomic E-state index is 0.0679. The molecule has 6 nitrogen and oxygen atoms in total. The molecule has 6 heteroatoms. The highest BCUT2D eigenvalue weighted by Crippen LogP contribution is 2.47. The minimum Gasteiger partial charge on any atom is -0.474 e. The van der Waals surface area contributed by atoms with Gasteiger partial charge in [0.15, 0.2) is 0 Å². The van der Waals surface area contributed by atoms with E-state index in [0.29, 0.717) is 31.6 Å². The summed E-state index contributed by atoms with van der Waals surface area (Å²) in [5.74, 6) is 0.837. The fourth-order valence-electron chi connectivity index (χ4n) is 4.06. The maximum absolute atomic E-state index is 12.6. The number of aromatic nitrogens is 3. The standard InChI is InChI=1S/C22H23N3O3/c1-14(26)7-8-16-5-3-4-6-18(16)22(15(2)27)11-17(12-22)28-21-10-9-19-20(24-21)13-23-25-19/h3-6,9-10,13,17H,7-8,11-12H2,1-2H3,(H,23,25). The Labute approximate surface area is 163 Å². The van der Waals surface area contributed by atoms with Crippen LogP contribution in [0.3, 0.4) is 0 Å². The van der Waals surface area contributed by atoms with Gasteiger partial charge in [-0.1, -0.05) is 24.3 Å². The van der Waals surface area contributed by atoms with Gasteiger partial charge >= 0.3 is 0 Å². The highest BCUT2D eigenvalue weighted by atomic mass is 16.5. The zero-order valence-electron chi connectivity index (χ0n) is 16.1. The van der Waals surface area contributed by atoms with E-state index in [2.05, 4.69) is 15.2 Å². The lowest BCUT2D eigenvalue weighted by Crippen LogP contribution is -2.52. The van der Waals surface area contributed by atoms with Crippen LogP contribution in [0.15, 0.2) is 42.6 Å². The summed E-state index contributed by atoms with van der Waals surface area (Å²) in [7, 11) is 0. The Balaban J connectivity index is 1.53. The number of aryl methyl sites for hydroxylation is 1. The lowest BCUT2D eigenvalue weighted by molar-refractivity contribution is -0.129. The van der Waals surface area contributed by atoms with Gasteiger partial charge in [0.1, 0.15) is 23.2 Å². The molecular weight excluding hydrogens is 354 g/mol. The van der Waals surface area contributed by atoms with Crippen molar-refractivity contribution in [3.63, 3.8) is 0 Å². The van der Waals surface area contributed by atoms with Crippen LogP contribution in [0.4, 0.5) is 0 Å². The molecule has 0 atom stereocenters. The van der Waals surface area contributed by atoms with E-state index in [1.54, 1.807) is 20.0 Å². The number of pyridine rings is 1. The molecule has 1 fully saturated rings. The number of nitrogens with one attached hydrogen (secondary N) is 1. The SMILES string of the molecule is CC(=O)CCc1ccccc1C1(C(C)=O)CC(Oc2ccc3[nH]ncc3n2)C1. The van der Waals surface area contributed by atoms with Crippen molar-refractivity contribution in [2.24, 2.45) is 0 Å². The zero-order valence-corrected chi connectivity index (χ0v) is 16.1. The topological polar surface area (TPSA) is 84.9 Å². The molecule has 0 spiro atoms. The molecule has 0 aliphatic heterocycles. The number of carbonyl (C=O) groups excluding carboxylic acids is 2. The molecule has 0 unspecified atom stereocenters. The van der Waals surface area contributed by atoms with Gasteiger partial charge in [0.25, 0.3) is 0 Å².